The van der Waals surface area contributed by atoms with E-state index >= 15 is 0 Å². The van der Waals surface area contributed by atoms with Crippen molar-refractivity contribution in [2.75, 3.05) is 31.2 Å². The van der Waals surface area contributed by atoms with Crippen LogP contribution in [-0.2, 0) is 16.1 Å². The largest absolute Gasteiger partial charge is 0.439 e. The number of hydrogen-bond acceptors (Lipinski definition) is 9. The van der Waals surface area contributed by atoms with Crippen LogP contribution in [0.25, 0.3) is 33.8 Å². The summed E-state index contributed by atoms with van der Waals surface area (Å²) in [6.45, 7) is 9.59. The third-order valence-electron chi connectivity index (χ3n) is 10.4. The van der Waals surface area contributed by atoms with Crippen molar-refractivity contribution in [3.8, 4) is 22.8 Å². The summed E-state index contributed by atoms with van der Waals surface area (Å²) in [6, 6.07) is 3.87. The Balaban J connectivity index is 1.31. The Kier molecular flexibility index (Phi) is 6.22. The Morgan fingerprint density at radius 3 is 2.59 bits per heavy atom. The van der Waals surface area contributed by atoms with Gasteiger partial charge in [0, 0.05) is 49.0 Å². The number of ether oxygens (including phenoxy) is 1. The van der Waals surface area contributed by atoms with Gasteiger partial charge in [0.25, 0.3) is 0 Å². The molecule has 8 rings (SSSR count). The number of H-pyrrole nitrogens is 1. The lowest BCUT2D eigenvalue weighted by atomic mass is 9.64. The number of imidazole rings is 1. The number of anilines is 1. The maximum Gasteiger partial charge on any atom is 0.439 e. The third-order valence-corrected chi connectivity index (χ3v) is 10.6. The van der Waals surface area contributed by atoms with Crippen LogP contribution < -0.4 is 10.7 Å². The Hall–Kier alpha value is -3.77. The fraction of sp³-hybridized carbons (Fsp3) is 0.548. The number of nitrogens with zero attached hydrogens (tertiary/aromatic N) is 7. The minimum absolute atomic E-state index is 0.0444. The van der Waals surface area contributed by atoms with Gasteiger partial charge in [0.2, 0.25) is 17.7 Å². The number of rotatable bonds is 3. The van der Waals surface area contributed by atoms with Gasteiger partial charge in [0.1, 0.15) is 5.69 Å². The first-order valence-electron chi connectivity index (χ1n) is 15.4. The molecule has 3 fully saturated rings. The van der Waals surface area contributed by atoms with Crippen LogP contribution >= 0.6 is 11.6 Å². The summed E-state index contributed by atoms with van der Waals surface area (Å²) in [5.74, 6) is 1.30. The van der Waals surface area contributed by atoms with Gasteiger partial charge in [0.05, 0.1) is 46.4 Å². The Morgan fingerprint density at radius 2 is 1.91 bits per heavy atom. The van der Waals surface area contributed by atoms with E-state index in [0.29, 0.717) is 48.6 Å². The predicted octanol–water partition coefficient (Wildman–Crippen LogP) is 4.14. The number of aromatic amines is 1. The number of carbonyl (C=O) groups excluding carboxylic acids is 1. The quantitative estimate of drug-likeness (QED) is 0.359. The lowest BCUT2D eigenvalue weighted by molar-refractivity contribution is -0.171. The second-order valence-electron chi connectivity index (χ2n) is 13.6. The van der Waals surface area contributed by atoms with Crippen LogP contribution in [-0.4, -0.2) is 78.9 Å². The number of amides is 1. The van der Waals surface area contributed by atoms with E-state index in [9.17, 15) is 9.59 Å². The molecule has 1 saturated carbocycles. The van der Waals surface area contributed by atoms with Crippen molar-refractivity contribution in [1.82, 2.24) is 34.6 Å². The SMILES string of the molecule is C[C@@H]1CN(C(=O)C2(C)COC2)C[C@@H]2N1c1nc3cc(-c4noc(=O)[nH]4)nc(-c4cncc(Cl)c4)c3n1C[C@]21CC[C@H](C)CC1. The number of fused-ring (bicyclic) bond motifs is 6. The van der Waals surface area contributed by atoms with Crippen LogP contribution in [0.15, 0.2) is 33.8 Å². The Labute approximate surface area is 258 Å². The summed E-state index contributed by atoms with van der Waals surface area (Å²) in [5, 5.41) is 4.39. The highest BCUT2D eigenvalue weighted by molar-refractivity contribution is 6.30. The summed E-state index contributed by atoms with van der Waals surface area (Å²) in [6.07, 6.45) is 7.77. The highest BCUT2D eigenvalue weighted by Gasteiger charge is 2.55. The molecule has 12 nitrogen and oxygen atoms in total. The van der Waals surface area contributed by atoms with E-state index in [-0.39, 0.29) is 29.2 Å². The van der Waals surface area contributed by atoms with Crippen LogP contribution in [0.3, 0.4) is 0 Å². The van der Waals surface area contributed by atoms with Crippen LogP contribution in [0.1, 0.15) is 46.5 Å². The first kappa shape index (κ1) is 27.8. The lowest BCUT2D eigenvalue weighted by Gasteiger charge is -2.59. The molecule has 2 atom stereocenters. The topological polar surface area (TPSA) is 135 Å². The molecule has 4 aromatic heterocycles. The van der Waals surface area contributed by atoms with Gasteiger partial charge in [-0.25, -0.2) is 14.8 Å². The van der Waals surface area contributed by atoms with Crippen molar-refractivity contribution in [2.24, 2.45) is 16.7 Å². The van der Waals surface area contributed by atoms with Gasteiger partial charge in [0.15, 0.2) is 0 Å². The molecule has 1 spiro atoms. The molecule has 7 heterocycles. The van der Waals surface area contributed by atoms with Gasteiger partial charge in [-0.1, -0.05) is 36.5 Å². The summed E-state index contributed by atoms with van der Waals surface area (Å²) in [7, 11) is 0. The average molecular weight is 619 g/mol. The second-order valence-corrected chi connectivity index (χ2v) is 14.1. The normalized spacial score (nSPS) is 27.7. The minimum Gasteiger partial charge on any atom is -0.379 e. The molecule has 13 heteroatoms. The van der Waals surface area contributed by atoms with Crippen molar-refractivity contribution >= 4 is 34.5 Å². The molecule has 4 aromatic rings. The molecule has 1 amide bonds. The van der Waals surface area contributed by atoms with Crippen molar-refractivity contribution < 1.29 is 14.1 Å². The van der Waals surface area contributed by atoms with E-state index < -0.39 is 11.2 Å². The lowest BCUT2D eigenvalue weighted by Crippen LogP contribution is -2.69. The van der Waals surface area contributed by atoms with Crippen LogP contribution in [0.4, 0.5) is 5.95 Å². The number of pyridine rings is 2. The van der Waals surface area contributed by atoms with Crippen molar-refractivity contribution in [3.05, 3.63) is 40.1 Å². The van der Waals surface area contributed by atoms with Crippen molar-refractivity contribution in [2.45, 2.75) is 65.1 Å². The molecule has 0 radical (unpaired) electrons. The number of halogens is 1. The zero-order chi connectivity index (χ0) is 30.4. The van der Waals surface area contributed by atoms with E-state index in [2.05, 4.69) is 43.3 Å². The van der Waals surface area contributed by atoms with Crippen LogP contribution in [0, 0.1) is 16.7 Å². The smallest absolute Gasteiger partial charge is 0.379 e. The van der Waals surface area contributed by atoms with Crippen LogP contribution in [0.5, 0.6) is 0 Å². The summed E-state index contributed by atoms with van der Waals surface area (Å²) in [5.41, 5.74) is 2.97. The first-order chi connectivity index (χ1) is 21.1. The average Bonchev–Trinajstić information content (AvgIpc) is 3.59. The number of piperazine rings is 1. The van der Waals surface area contributed by atoms with E-state index in [1.54, 1.807) is 12.4 Å². The van der Waals surface area contributed by atoms with Gasteiger partial charge in [-0.3, -0.25) is 19.3 Å². The van der Waals surface area contributed by atoms with Gasteiger partial charge in [-0.2, -0.15) is 0 Å². The Morgan fingerprint density at radius 1 is 1.11 bits per heavy atom. The molecule has 1 aliphatic carbocycles. The van der Waals surface area contributed by atoms with E-state index in [1.807, 2.05) is 19.1 Å². The molecule has 4 aliphatic rings. The van der Waals surface area contributed by atoms with E-state index in [1.165, 1.54) is 0 Å². The first-order valence-corrected chi connectivity index (χ1v) is 15.8. The second kappa shape index (κ2) is 9.87. The highest BCUT2D eigenvalue weighted by Crippen LogP contribution is 2.52. The standard InChI is InChI=1S/C31H35ClN8O4/c1-17-4-6-31(7-5-17)14-39-25-21(9-22(26-36-29(42)44-37-26)34-24(25)19-8-20(32)11-33-10-19)35-28(39)40-18(2)12-38(13-23(31)40)27(41)30(3)15-43-16-30/h8-11,17-18,23H,4-7,12-16H2,1-3H3,(H,36,37,42)/t17-,18-,23+,31+/m1/s1. The maximum absolute atomic E-state index is 13.8. The number of hydrogen-bond donors (Lipinski definition) is 1. The fourth-order valence-corrected chi connectivity index (χ4v) is 8.11. The monoisotopic (exact) mass is 618 g/mol. The molecule has 1 N–H and O–H groups in total. The fourth-order valence-electron chi connectivity index (χ4n) is 7.93. The third kappa shape index (κ3) is 4.21. The summed E-state index contributed by atoms with van der Waals surface area (Å²) in [4.78, 5) is 47.4. The van der Waals surface area contributed by atoms with E-state index in [4.69, 9.17) is 30.8 Å². The van der Waals surface area contributed by atoms with Gasteiger partial charge in [-0.15, -0.1) is 0 Å². The van der Waals surface area contributed by atoms with Crippen molar-refractivity contribution in [3.63, 3.8) is 0 Å². The van der Waals surface area contributed by atoms with Crippen LogP contribution in [0.2, 0.25) is 5.02 Å². The molecular weight excluding hydrogens is 584 g/mol. The van der Waals surface area contributed by atoms with Gasteiger partial charge < -0.3 is 19.1 Å². The molecule has 0 unspecified atom stereocenters. The number of carbonyl (C=O) groups is 1. The molecule has 3 aliphatic heterocycles. The van der Waals surface area contributed by atoms with Crippen molar-refractivity contribution in [1.29, 1.82) is 0 Å². The number of aromatic nitrogens is 6. The van der Waals surface area contributed by atoms with Gasteiger partial charge in [-0.05, 0) is 44.7 Å². The maximum atomic E-state index is 13.8. The van der Waals surface area contributed by atoms with Gasteiger partial charge >= 0.3 is 5.76 Å². The molecule has 230 valence electrons. The summed E-state index contributed by atoms with van der Waals surface area (Å²) < 4.78 is 12.6. The summed E-state index contributed by atoms with van der Waals surface area (Å²) >= 11 is 6.41. The molecule has 0 aromatic carbocycles. The molecular formula is C31H35ClN8O4. The molecule has 44 heavy (non-hydrogen) atoms. The van der Waals surface area contributed by atoms with E-state index in [0.717, 1.165) is 54.8 Å². The highest BCUT2D eigenvalue weighted by atomic mass is 35.5. The predicted molar refractivity (Wildman–Crippen MR) is 163 cm³/mol. The molecule has 2 saturated heterocycles. The minimum atomic E-state index is -0.656. The Bertz CT molecular complexity index is 1840. The zero-order valence-corrected chi connectivity index (χ0v) is 25.8. The number of nitrogens with one attached hydrogen (secondary N) is 1. The molecule has 0 bridgehead atoms. The zero-order valence-electron chi connectivity index (χ0n) is 25.0.